The molecule has 1 amide bonds. The standard InChI is InChI=1S/C11H20N2O2.ClHO4/c1-8(14)12-9-6-10(2,3)13(15)11(4,5)7-9;2-1(3,4)5/h9H,6-7H2,1-5H3;(H,2,3,4,5). The van der Waals surface area contributed by atoms with Crippen LogP contribution < -0.4 is 24.0 Å². The van der Waals surface area contributed by atoms with E-state index in [1.54, 1.807) is 0 Å². The fourth-order valence-electron chi connectivity index (χ4n) is 2.65. The summed E-state index contributed by atoms with van der Waals surface area (Å²) in [6.45, 7) is 9.22. The predicted octanol–water partition coefficient (Wildman–Crippen LogP) is -3.13. The van der Waals surface area contributed by atoms with Gasteiger partial charge in [0.15, 0.2) is 0 Å². The van der Waals surface area contributed by atoms with Gasteiger partial charge in [-0.05, 0) is 0 Å². The molecule has 9 heteroatoms. The maximum Gasteiger partial charge on any atom is 0.217 e. The fourth-order valence-corrected chi connectivity index (χ4v) is 2.65. The molecule has 1 N–H and O–H groups in total. The third kappa shape index (κ3) is 7.11. The molecule has 0 radical (unpaired) electrons. The van der Waals surface area contributed by atoms with Crippen LogP contribution in [0.5, 0.6) is 0 Å². The van der Waals surface area contributed by atoms with Crippen molar-refractivity contribution in [1.29, 1.82) is 0 Å². The first kappa shape index (κ1) is 19.2. The van der Waals surface area contributed by atoms with Gasteiger partial charge in [-0.25, -0.2) is 18.6 Å². The Morgan fingerprint density at radius 3 is 1.65 bits per heavy atom. The normalized spacial score (nSPS) is 21.8. The summed E-state index contributed by atoms with van der Waals surface area (Å²) in [6, 6.07) is 0.109. The van der Waals surface area contributed by atoms with E-state index in [1.807, 2.05) is 27.7 Å². The molecule has 0 atom stereocenters. The Balaban J connectivity index is 0.000000621. The van der Waals surface area contributed by atoms with E-state index in [0.717, 1.165) is 4.76 Å². The van der Waals surface area contributed by atoms with E-state index >= 15 is 0 Å². The molecule has 0 spiro atoms. The molecule has 20 heavy (non-hydrogen) atoms. The Morgan fingerprint density at radius 2 is 1.40 bits per heavy atom. The monoisotopic (exact) mass is 312 g/mol. The Kier molecular flexibility index (Phi) is 6.06. The van der Waals surface area contributed by atoms with Gasteiger partial charge in [-0.15, -0.1) is 10.2 Å². The summed E-state index contributed by atoms with van der Waals surface area (Å²) in [6.07, 6.45) is 1.42. The summed E-state index contributed by atoms with van der Waals surface area (Å²) in [7, 11) is -4.94. The molecule has 1 fully saturated rings. The number of nitroso groups, excluding NO2 is 1. The molecule has 0 bridgehead atoms. The van der Waals surface area contributed by atoms with Gasteiger partial charge in [0.2, 0.25) is 17.0 Å². The summed E-state index contributed by atoms with van der Waals surface area (Å²) >= 11 is 0. The van der Waals surface area contributed by atoms with Crippen LogP contribution in [-0.2, 0) is 4.79 Å². The Hall–Kier alpha value is -0.800. The highest BCUT2D eigenvalue weighted by Gasteiger charge is 2.53. The molecule has 118 valence electrons. The van der Waals surface area contributed by atoms with Crippen molar-refractivity contribution in [3.63, 3.8) is 0 Å². The van der Waals surface area contributed by atoms with Crippen LogP contribution in [0.4, 0.5) is 0 Å². The van der Waals surface area contributed by atoms with E-state index in [1.165, 1.54) is 6.92 Å². The lowest BCUT2D eigenvalue weighted by Gasteiger charge is -2.36. The quantitative estimate of drug-likeness (QED) is 0.507. The van der Waals surface area contributed by atoms with Crippen LogP contribution in [-0.4, -0.2) is 27.8 Å². The Labute approximate surface area is 120 Å². The Morgan fingerprint density at radius 1 is 1.10 bits per heavy atom. The van der Waals surface area contributed by atoms with Crippen molar-refractivity contribution in [2.24, 2.45) is 0 Å². The molecule has 0 aromatic carbocycles. The van der Waals surface area contributed by atoms with E-state index < -0.39 is 21.3 Å². The SMILES string of the molecule is CC(=O)NC1CC(C)(C)[N+](=O)C(C)(C)C1.[O-][Cl+3]([O-])([O-])[O-]. The molecule has 0 saturated carbocycles. The Bertz CT molecular complexity index is 352. The summed E-state index contributed by atoms with van der Waals surface area (Å²) < 4.78 is 35.1. The van der Waals surface area contributed by atoms with Crippen LogP contribution in [0.3, 0.4) is 0 Å². The van der Waals surface area contributed by atoms with Crippen LogP contribution in [0.1, 0.15) is 47.5 Å². The van der Waals surface area contributed by atoms with Crippen molar-refractivity contribution in [1.82, 2.24) is 5.32 Å². The summed E-state index contributed by atoms with van der Waals surface area (Å²) in [5.41, 5.74) is -0.816. The summed E-state index contributed by atoms with van der Waals surface area (Å²) in [5.74, 6) is -0.0223. The van der Waals surface area contributed by atoms with E-state index in [-0.39, 0.29) is 11.9 Å². The summed E-state index contributed by atoms with van der Waals surface area (Å²) in [5, 5.41) is 2.91. The second-order valence-electron chi connectivity index (χ2n) is 6.10. The van der Waals surface area contributed by atoms with Crippen molar-refractivity contribution in [3.05, 3.63) is 4.91 Å². The van der Waals surface area contributed by atoms with Gasteiger partial charge in [0.1, 0.15) is 0 Å². The van der Waals surface area contributed by atoms with Crippen LogP contribution in [0.15, 0.2) is 0 Å². The topological polar surface area (TPSA) is 141 Å². The molecule has 1 aliphatic rings. The first-order valence-corrected chi connectivity index (χ1v) is 7.25. The number of amides is 1. The maximum absolute atomic E-state index is 12.0. The third-order valence-corrected chi connectivity index (χ3v) is 3.00. The highest BCUT2D eigenvalue weighted by Crippen LogP contribution is 2.34. The molecular weight excluding hydrogens is 292 g/mol. The molecule has 1 heterocycles. The van der Waals surface area contributed by atoms with Gasteiger partial charge < -0.3 is 5.32 Å². The lowest BCUT2D eigenvalue weighted by Crippen LogP contribution is -2.68. The molecular formula is C11H21ClN2O6. The minimum Gasteiger partial charge on any atom is -0.353 e. The summed E-state index contributed by atoms with van der Waals surface area (Å²) in [4.78, 5) is 23.0. The number of nitrogens with one attached hydrogen (secondary N) is 1. The van der Waals surface area contributed by atoms with Gasteiger partial charge in [-0.2, -0.15) is 0 Å². The van der Waals surface area contributed by atoms with E-state index in [2.05, 4.69) is 5.32 Å². The largest absolute Gasteiger partial charge is 0.353 e. The van der Waals surface area contributed by atoms with Crippen molar-refractivity contribution >= 4 is 5.91 Å². The number of halogens is 1. The molecule has 0 unspecified atom stereocenters. The molecule has 8 nitrogen and oxygen atoms in total. The number of nitrogens with zero attached hydrogens (tertiary/aromatic N) is 1. The number of hydrogen-bond donors (Lipinski definition) is 1. The van der Waals surface area contributed by atoms with Crippen LogP contribution in [0.2, 0.25) is 0 Å². The van der Waals surface area contributed by atoms with Crippen LogP contribution in [0, 0.1) is 15.2 Å². The lowest BCUT2D eigenvalue weighted by molar-refractivity contribution is -2.00. The van der Waals surface area contributed by atoms with Crippen molar-refractivity contribution in [2.45, 2.75) is 64.6 Å². The fraction of sp³-hybridized carbons (Fsp3) is 0.909. The van der Waals surface area contributed by atoms with E-state index in [9.17, 15) is 9.70 Å². The van der Waals surface area contributed by atoms with Gasteiger partial charge in [0.25, 0.3) is 0 Å². The number of rotatable bonds is 1. The van der Waals surface area contributed by atoms with Gasteiger partial charge in [-0.1, -0.05) is 0 Å². The van der Waals surface area contributed by atoms with E-state index in [4.69, 9.17) is 18.6 Å². The number of carbonyl (C=O) groups excluding carboxylic acids is 1. The smallest absolute Gasteiger partial charge is 0.217 e. The number of hydrogen-bond acceptors (Lipinski definition) is 6. The van der Waals surface area contributed by atoms with Crippen LogP contribution in [0.25, 0.3) is 0 Å². The first-order valence-electron chi connectivity index (χ1n) is 6.01. The average molecular weight is 313 g/mol. The zero-order valence-electron chi connectivity index (χ0n) is 12.3. The van der Waals surface area contributed by atoms with Gasteiger partial charge in [-0.3, -0.25) is 4.79 Å². The minimum absolute atomic E-state index is 0.0223. The number of piperidine rings is 1. The highest BCUT2D eigenvalue weighted by atomic mass is 35.7. The molecule has 0 aromatic heterocycles. The van der Waals surface area contributed by atoms with Crippen LogP contribution >= 0.6 is 0 Å². The molecule has 1 aliphatic heterocycles. The lowest BCUT2D eigenvalue weighted by atomic mass is 9.79. The molecule has 0 aliphatic carbocycles. The zero-order valence-corrected chi connectivity index (χ0v) is 13.0. The van der Waals surface area contributed by atoms with Gasteiger partial charge >= 0.3 is 0 Å². The van der Waals surface area contributed by atoms with E-state index in [0.29, 0.717) is 12.8 Å². The van der Waals surface area contributed by atoms with Gasteiger partial charge in [0.05, 0.1) is 0 Å². The van der Waals surface area contributed by atoms with Crippen molar-refractivity contribution in [2.75, 3.05) is 0 Å². The first-order chi connectivity index (χ1) is 8.65. The average Bonchev–Trinajstić information content (AvgIpc) is 2.08. The molecule has 1 rings (SSSR count). The second kappa shape index (κ2) is 6.31. The minimum atomic E-state index is -4.94. The van der Waals surface area contributed by atoms with Crippen molar-refractivity contribution < 1.29 is 38.4 Å². The molecule has 0 aromatic rings. The number of carbonyl (C=O) groups is 1. The maximum atomic E-state index is 12.0. The third-order valence-electron chi connectivity index (χ3n) is 3.00. The molecule has 1 saturated heterocycles. The predicted molar refractivity (Wildman–Crippen MR) is 58.6 cm³/mol. The van der Waals surface area contributed by atoms with Gasteiger partial charge in [0, 0.05) is 63.2 Å². The highest BCUT2D eigenvalue weighted by molar-refractivity contribution is 5.73. The second-order valence-corrected chi connectivity index (χ2v) is 6.86. The zero-order chi connectivity index (χ0) is 16.4. The van der Waals surface area contributed by atoms with Crippen molar-refractivity contribution in [3.8, 4) is 0 Å².